The molecule has 0 radical (unpaired) electrons. The summed E-state index contributed by atoms with van der Waals surface area (Å²) >= 11 is 3.38. The normalized spacial score (nSPS) is 19.3. The Morgan fingerprint density at radius 1 is 1.47 bits per heavy atom. The van der Waals surface area contributed by atoms with Crippen LogP contribution in [0.15, 0.2) is 16.6 Å². The van der Waals surface area contributed by atoms with E-state index in [9.17, 15) is 14.9 Å². The quantitative estimate of drug-likeness (QED) is 0.486. The van der Waals surface area contributed by atoms with Crippen LogP contribution in [0.2, 0.25) is 0 Å². The highest BCUT2D eigenvalue weighted by molar-refractivity contribution is 9.10. The molecule has 1 atom stereocenters. The second kappa shape index (κ2) is 5.69. The number of piperidine rings is 1. The first-order valence-corrected chi connectivity index (χ1v) is 7.00. The minimum Gasteiger partial charge on any atom is -0.361 e. The number of rotatable bonds is 3. The van der Waals surface area contributed by atoms with Gasteiger partial charge in [0, 0.05) is 22.6 Å². The van der Waals surface area contributed by atoms with Crippen LogP contribution in [0.3, 0.4) is 0 Å². The van der Waals surface area contributed by atoms with Gasteiger partial charge in [0.25, 0.3) is 5.69 Å². The van der Waals surface area contributed by atoms with Crippen molar-refractivity contribution in [3.05, 3.63) is 32.3 Å². The number of hydrogen-bond acceptors (Lipinski definition) is 4. The second-order valence-electron chi connectivity index (χ2n) is 4.74. The Bertz CT molecular complexity index is 519. The summed E-state index contributed by atoms with van der Waals surface area (Å²) in [6, 6.07) is 3.16. The number of nitro groups is 1. The molecule has 1 fully saturated rings. The average Bonchev–Trinajstić information content (AvgIpc) is 2.40. The lowest BCUT2D eigenvalue weighted by atomic mass is 10.0. The van der Waals surface area contributed by atoms with E-state index >= 15 is 0 Å². The minimum atomic E-state index is -0.392. The van der Waals surface area contributed by atoms with Crippen LogP contribution >= 0.6 is 15.9 Å². The number of carbonyl (C=O) groups is 1. The van der Waals surface area contributed by atoms with Gasteiger partial charge in [0.1, 0.15) is 6.29 Å². The Hall–Kier alpha value is -1.43. The third kappa shape index (κ3) is 2.78. The highest BCUT2D eigenvalue weighted by Crippen LogP contribution is 2.35. The monoisotopic (exact) mass is 326 g/mol. The van der Waals surface area contributed by atoms with E-state index in [4.69, 9.17) is 0 Å². The van der Waals surface area contributed by atoms with Crippen LogP contribution in [-0.4, -0.2) is 23.8 Å². The molecule has 0 spiro atoms. The number of nitrogens with zero attached hydrogens (tertiary/aromatic N) is 2. The number of aldehydes is 1. The van der Waals surface area contributed by atoms with E-state index in [0.29, 0.717) is 10.0 Å². The molecule has 0 saturated carbocycles. The molecule has 1 unspecified atom stereocenters. The van der Waals surface area contributed by atoms with Crippen molar-refractivity contribution in [2.24, 2.45) is 0 Å². The van der Waals surface area contributed by atoms with Crippen LogP contribution in [0.25, 0.3) is 0 Å². The SMILES string of the molecule is Cc1cc(N2CCCCC2C=O)c(Br)cc1[N+](=O)[O-]. The van der Waals surface area contributed by atoms with Crippen LogP contribution in [0.4, 0.5) is 11.4 Å². The van der Waals surface area contributed by atoms with Gasteiger partial charge in [-0.05, 0) is 48.2 Å². The highest BCUT2D eigenvalue weighted by Gasteiger charge is 2.25. The lowest BCUT2D eigenvalue weighted by molar-refractivity contribution is -0.385. The maximum Gasteiger partial charge on any atom is 0.273 e. The standard InChI is InChI=1S/C13H15BrN2O3/c1-9-6-13(11(14)7-12(9)16(18)19)15-5-3-2-4-10(15)8-17/h6-8,10H,2-5H2,1H3. The molecule has 0 aromatic heterocycles. The zero-order chi connectivity index (χ0) is 14.0. The van der Waals surface area contributed by atoms with Crippen molar-refractivity contribution >= 4 is 33.6 Å². The van der Waals surface area contributed by atoms with E-state index in [-0.39, 0.29) is 11.7 Å². The first kappa shape index (κ1) is 14.0. The first-order chi connectivity index (χ1) is 9.04. The zero-order valence-electron chi connectivity index (χ0n) is 10.6. The fourth-order valence-corrected chi connectivity index (χ4v) is 3.03. The number of benzene rings is 1. The Morgan fingerprint density at radius 3 is 2.84 bits per heavy atom. The summed E-state index contributed by atoms with van der Waals surface area (Å²) in [5.41, 5.74) is 1.56. The van der Waals surface area contributed by atoms with Crippen LogP contribution < -0.4 is 4.90 Å². The Labute approximate surface area is 119 Å². The number of halogens is 1. The van der Waals surface area contributed by atoms with Gasteiger partial charge in [-0.25, -0.2) is 0 Å². The van der Waals surface area contributed by atoms with E-state index in [1.54, 1.807) is 13.0 Å². The number of aryl methyl sites for hydroxylation is 1. The predicted octanol–water partition coefficient (Wildman–Crippen LogP) is 3.22. The molecule has 0 amide bonds. The van der Waals surface area contributed by atoms with Gasteiger partial charge in [-0.3, -0.25) is 10.1 Å². The molecule has 6 heteroatoms. The molecule has 0 aliphatic carbocycles. The fraction of sp³-hybridized carbons (Fsp3) is 0.462. The Balaban J connectivity index is 2.41. The van der Waals surface area contributed by atoms with Gasteiger partial charge in [0.2, 0.25) is 0 Å². The number of nitro benzene ring substituents is 1. The van der Waals surface area contributed by atoms with E-state index < -0.39 is 4.92 Å². The van der Waals surface area contributed by atoms with Gasteiger partial charge in [-0.2, -0.15) is 0 Å². The molecule has 1 saturated heterocycles. The van der Waals surface area contributed by atoms with Gasteiger partial charge < -0.3 is 9.69 Å². The summed E-state index contributed by atoms with van der Waals surface area (Å²) in [7, 11) is 0. The van der Waals surface area contributed by atoms with Gasteiger partial charge in [-0.15, -0.1) is 0 Å². The molecule has 1 aliphatic heterocycles. The van der Waals surface area contributed by atoms with Crippen LogP contribution in [0.1, 0.15) is 24.8 Å². The fourth-order valence-electron chi connectivity index (χ4n) is 2.47. The molecule has 19 heavy (non-hydrogen) atoms. The Kier molecular flexibility index (Phi) is 4.19. The van der Waals surface area contributed by atoms with Crippen molar-refractivity contribution in [1.29, 1.82) is 0 Å². The molecular formula is C13H15BrN2O3. The van der Waals surface area contributed by atoms with E-state index in [1.165, 1.54) is 6.07 Å². The van der Waals surface area contributed by atoms with Gasteiger partial charge in [0.05, 0.1) is 16.7 Å². The third-order valence-corrected chi connectivity index (χ3v) is 4.11. The average molecular weight is 327 g/mol. The molecule has 2 rings (SSSR count). The van der Waals surface area contributed by atoms with Crippen molar-refractivity contribution in [2.45, 2.75) is 32.2 Å². The minimum absolute atomic E-state index is 0.0929. The van der Waals surface area contributed by atoms with Crippen molar-refractivity contribution in [2.75, 3.05) is 11.4 Å². The highest BCUT2D eigenvalue weighted by atomic mass is 79.9. The molecule has 5 nitrogen and oxygen atoms in total. The molecule has 1 aromatic carbocycles. The third-order valence-electron chi connectivity index (χ3n) is 3.48. The van der Waals surface area contributed by atoms with Crippen LogP contribution in [-0.2, 0) is 4.79 Å². The second-order valence-corrected chi connectivity index (χ2v) is 5.59. The van der Waals surface area contributed by atoms with Crippen LogP contribution in [0.5, 0.6) is 0 Å². The number of anilines is 1. The lowest BCUT2D eigenvalue weighted by Gasteiger charge is -2.35. The van der Waals surface area contributed by atoms with Gasteiger partial charge in [-0.1, -0.05) is 0 Å². The summed E-state index contributed by atoms with van der Waals surface area (Å²) in [6.45, 7) is 2.52. The summed E-state index contributed by atoms with van der Waals surface area (Å²) in [5.74, 6) is 0. The molecule has 1 aliphatic rings. The number of carbonyl (C=O) groups excluding carboxylic acids is 1. The van der Waals surface area contributed by atoms with Crippen molar-refractivity contribution in [3.63, 3.8) is 0 Å². The molecule has 1 heterocycles. The van der Waals surface area contributed by atoms with E-state index in [0.717, 1.165) is 37.8 Å². The summed E-state index contributed by atoms with van der Waals surface area (Å²) in [4.78, 5) is 23.7. The van der Waals surface area contributed by atoms with Gasteiger partial charge >= 0.3 is 0 Å². The van der Waals surface area contributed by atoms with E-state index in [2.05, 4.69) is 15.9 Å². The van der Waals surface area contributed by atoms with Crippen molar-refractivity contribution in [1.82, 2.24) is 0 Å². The van der Waals surface area contributed by atoms with Crippen molar-refractivity contribution in [3.8, 4) is 0 Å². The molecule has 0 N–H and O–H groups in total. The zero-order valence-corrected chi connectivity index (χ0v) is 12.2. The van der Waals surface area contributed by atoms with Crippen molar-refractivity contribution < 1.29 is 9.72 Å². The maximum absolute atomic E-state index is 11.1. The molecular weight excluding hydrogens is 312 g/mol. The molecule has 1 aromatic rings. The largest absolute Gasteiger partial charge is 0.361 e. The maximum atomic E-state index is 11.1. The Morgan fingerprint density at radius 2 is 2.21 bits per heavy atom. The smallest absolute Gasteiger partial charge is 0.273 e. The topological polar surface area (TPSA) is 63.5 Å². The van der Waals surface area contributed by atoms with Crippen LogP contribution in [0, 0.1) is 17.0 Å². The first-order valence-electron chi connectivity index (χ1n) is 6.21. The van der Waals surface area contributed by atoms with Gasteiger partial charge in [0.15, 0.2) is 0 Å². The molecule has 0 bridgehead atoms. The summed E-state index contributed by atoms with van der Waals surface area (Å²) < 4.78 is 0.665. The number of hydrogen-bond donors (Lipinski definition) is 0. The summed E-state index contributed by atoms with van der Waals surface area (Å²) in [5, 5.41) is 10.9. The lowest BCUT2D eigenvalue weighted by Crippen LogP contribution is -2.40. The summed E-state index contributed by atoms with van der Waals surface area (Å²) in [6.07, 6.45) is 3.88. The molecule has 102 valence electrons. The predicted molar refractivity (Wildman–Crippen MR) is 76.6 cm³/mol. The van der Waals surface area contributed by atoms with E-state index in [1.807, 2.05) is 4.90 Å².